The fourth-order valence-electron chi connectivity index (χ4n) is 5.45. The topological polar surface area (TPSA) is 17.1 Å². The molecule has 4 rings (SSSR count). The van der Waals surface area contributed by atoms with Crippen molar-refractivity contribution in [1.82, 2.24) is 0 Å². The van der Waals surface area contributed by atoms with E-state index in [-0.39, 0.29) is 10.8 Å². The van der Waals surface area contributed by atoms with Gasteiger partial charge in [0.2, 0.25) is 0 Å². The van der Waals surface area contributed by atoms with Gasteiger partial charge in [-0.2, -0.15) is 0 Å². The molecule has 0 aromatic heterocycles. The van der Waals surface area contributed by atoms with Gasteiger partial charge in [-0.3, -0.25) is 4.79 Å². The molecule has 1 nitrogen and oxygen atoms in total. The summed E-state index contributed by atoms with van der Waals surface area (Å²) in [5, 5.41) is 0. The van der Waals surface area contributed by atoms with Crippen molar-refractivity contribution >= 4 is 5.78 Å². The Kier molecular flexibility index (Phi) is 1.63. The first kappa shape index (κ1) is 10.8. The van der Waals surface area contributed by atoms with E-state index in [0.717, 1.165) is 0 Å². The molecule has 4 fully saturated rings. The average molecular weight is 220 g/mol. The Bertz CT molecular complexity index is 355. The molecule has 0 heterocycles. The molecule has 0 saturated heterocycles. The highest BCUT2D eigenvalue weighted by atomic mass is 16.1. The molecule has 0 unspecified atom stereocenters. The van der Waals surface area contributed by atoms with Gasteiger partial charge in [0.15, 0.2) is 0 Å². The highest BCUT2D eigenvalue weighted by molar-refractivity contribution is 5.91. The molecule has 4 saturated carbocycles. The molecule has 4 aliphatic carbocycles. The first-order valence-electron chi connectivity index (χ1n) is 6.68. The predicted molar refractivity (Wildman–Crippen MR) is 65.1 cm³/mol. The van der Waals surface area contributed by atoms with E-state index >= 15 is 0 Å². The minimum Gasteiger partial charge on any atom is -0.298 e. The van der Waals surface area contributed by atoms with Crippen LogP contribution in [0.15, 0.2) is 0 Å². The highest BCUT2D eigenvalue weighted by Gasteiger charge is 2.76. The molecule has 0 N–H and O–H groups in total. The minimum absolute atomic E-state index is 0.0712. The Morgan fingerprint density at radius 3 is 1.75 bits per heavy atom. The van der Waals surface area contributed by atoms with Gasteiger partial charge in [0, 0.05) is 10.8 Å². The molecule has 0 spiro atoms. The smallest absolute Gasteiger partial charge is 0.144 e. The molecule has 16 heavy (non-hydrogen) atoms. The third-order valence-electron chi connectivity index (χ3n) is 6.18. The zero-order valence-corrected chi connectivity index (χ0v) is 11.3. The van der Waals surface area contributed by atoms with Gasteiger partial charge in [-0.05, 0) is 42.4 Å². The van der Waals surface area contributed by atoms with Gasteiger partial charge in [-0.1, -0.05) is 34.6 Å². The minimum atomic E-state index is -0.154. The third-order valence-corrected chi connectivity index (χ3v) is 6.18. The van der Waals surface area contributed by atoms with Crippen LogP contribution in [0.25, 0.3) is 0 Å². The SMILES string of the molecule is CC(C)(C)C(=O)C12C[C@@]3(C)CC1C[C@]3(C)C2. The summed E-state index contributed by atoms with van der Waals surface area (Å²) < 4.78 is 0. The number of carbonyl (C=O) groups excluding carboxylic acids is 1. The van der Waals surface area contributed by atoms with Gasteiger partial charge < -0.3 is 0 Å². The standard InChI is InChI=1S/C15H24O/c1-12(2,3)11(16)15-8-13(4)6-10(15)7-14(13,5)9-15/h10H,6-9H2,1-5H3/t10?,13-,14-,15?/m1/s1. The van der Waals surface area contributed by atoms with Crippen LogP contribution in [0.5, 0.6) is 0 Å². The molecule has 0 amide bonds. The molecule has 0 radical (unpaired) electrons. The quantitative estimate of drug-likeness (QED) is 0.656. The lowest BCUT2D eigenvalue weighted by Gasteiger charge is -2.33. The van der Waals surface area contributed by atoms with E-state index in [4.69, 9.17) is 0 Å². The molecular weight excluding hydrogens is 196 g/mol. The van der Waals surface area contributed by atoms with Crippen LogP contribution < -0.4 is 0 Å². The lowest BCUT2D eigenvalue weighted by Crippen LogP contribution is -2.39. The second-order valence-electron chi connectivity index (χ2n) is 8.32. The van der Waals surface area contributed by atoms with Gasteiger partial charge >= 0.3 is 0 Å². The predicted octanol–water partition coefficient (Wildman–Crippen LogP) is 3.82. The maximum Gasteiger partial charge on any atom is 0.144 e. The molecule has 90 valence electrons. The Balaban J connectivity index is 2.04. The first-order valence-corrected chi connectivity index (χ1v) is 6.68. The Morgan fingerprint density at radius 2 is 1.50 bits per heavy atom. The molecule has 0 aromatic carbocycles. The summed E-state index contributed by atoms with van der Waals surface area (Å²) in [4.78, 5) is 12.8. The fraction of sp³-hybridized carbons (Fsp3) is 0.933. The second kappa shape index (κ2) is 2.42. The largest absolute Gasteiger partial charge is 0.298 e. The van der Waals surface area contributed by atoms with E-state index in [1.807, 2.05) is 0 Å². The van der Waals surface area contributed by atoms with Gasteiger partial charge in [-0.25, -0.2) is 0 Å². The summed E-state index contributed by atoms with van der Waals surface area (Å²) >= 11 is 0. The molecule has 0 aromatic rings. The summed E-state index contributed by atoms with van der Waals surface area (Å²) in [6.07, 6.45) is 4.98. The summed E-state index contributed by atoms with van der Waals surface area (Å²) in [7, 11) is 0. The third kappa shape index (κ3) is 0.926. The zero-order chi connectivity index (χ0) is 12.0. The van der Waals surface area contributed by atoms with Crippen molar-refractivity contribution in [3.8, 4) is 0 Å². The molecule has 2 atom stereocenters. The summed E-state index contributed by atoms with van der Waals surface area (Å²) in [6.45, 7) is 11.1. The fourth-order valence-corrected chi connectivity index (χ4v) is 5.45. The number of hydrogen-bond donors (Lipinski definition) is 0. The average Bonchev–Trinajstić information content (AvgIpc) is 2.64. The lowest BCUT2D eigenvalue weighted by molar-refractivity contribution is -0.137. The number of ketones is 1. The number of rotatable bonds is 1. The van der Waals surface area contributed by atoms with Crippen molar-refractivity contribution in [2.75, 3.05) is 0 Å². The van der Waals surface area contributed by atoms with E-state index in [2.05, 4.69) is 34.6 Å². The van der Waals surface area contributed by atoms with E-state index in [9.17, 15) is 4.79 Å². The van der Waals surface area contributed by atoms with Gasteiger partial charge in [0.25, 0.3) is 0 Å². The van der Waals surface area contributed by atoms with Crippen LogP contribution in [0, 0.1) is 27.6 Å². The lowest BCUT2D eigenvalue weighted by atomic mass is 9.68. The van der Waals surface area contributed by atoms with Gasteiger partial charge in [-0.15, -0.1) is 0 Å². The van der Waals surface area contributed by atoms with Crippen LogP contribution in [-0.4, -0.2) is 5.78 Å². The van der Waals surface area contributed by atoms with Crippen molar-refractivity contribution < 1.29 is 4.79 Å². The number of Topliss-reactive ketones (excluding diaryl/α,β-unsaturated/α-hetero) is 1. The van der Waals surface area contributed by atoms with E-state index in [1.54, 1.807) is 0 Å². The van der Waals surface area contributed by atoms with Crippen LogP contribution in [0.2, 0.25) is 0 Å². The van der Waals surface area contributed by atoms with E-state index in [1.165, 1.54) is 25.7 Å². The number of carbonyl (C=O) groups is 1. The van der Waals surface area contributed by atoms with Crippen molar-refractivity contribution in [3.05, 3.63) is 0 Å². The summed E-state index contributed by atoms with van der Waals surface area (Å²) in [5.74, 6) is 1.25. The van der Waals surface area contributed by atoms with Gasteiger partial charge in [0.1, 0.15) is 5.78 Å². The normalized spacial score (nSPS) is 53.9. The first-order chi connectivity index (χ1) is 7.13. The van der Waals surface area contributed by atoms with Crippen molar-refractivity contribution in [1.29, 1.82) is 0 Å². The number of hydrogen-bond acceptors (Lipinski definition) is 1. The van der Waals surface area contributed by atoms with Crippen LogP contribution in [-0.2, 0) is 4.79 Å². The maximum absolute atomic E-state index is 12.8. The highest BCUT2D eigenvalue weighted by Crippen LogP contribution is 2.82. The maximum atomic E-state index is 12.8. The van der Waals surface area contributed by atoms with Crippen LogP contribution in [0.1, 0.15) is 60.3 Å². The van der Waals surface area contributed by atoms with E-state index in [0.29, 0.717) is 22.5 Å². The molecule has 4 aliphatic rings. The van der Waals surface area contributed by atoms with Crippen LogP contribution in [0.3, 0.4) is 0 Å². The Labute approximate surface area is 99.0 Å². The van der Waals surface area contributed by atoms with Crippen molar-refractivity contribution in [2.24, 2.45) is 27.6 Å². The molecule has 1 heteroatoms. The summed E-state index contributed by atoms with van der Waals surface area (Å²) in [6, 6.07) is 0. The Morgan fingerprint density at radius 1 is 1.06 bits per heavy atom. The van der Waals surface area contributed by atoms with Gasteiger partial charge in [0.05, 0.1) is 0 Å². The van der Waals surface area contributed by atoms with E-state index < -0.39 is 0 Å². The zero-order valence-electron chi connectivity index (χ0n) is 11.3. The molecular formula is C15H24O. The second-order valence-corrected chi connectivity index (χ2v) is 8.32. The van der Waals surface area contributed by atoms with Crippen LogP contribution >= 0.6 is 0 Å². The monoisotopic (exact) mass is 220 g/mol. The summed E-state index contributed by atoms with van der Waals surface area (Å²) in [5.41, 5.74) is 0.859. The Hall–Kier alpha value is -0.330. The molecule has 4 bridgehead atoms. The van der Waals surface area contributed by atoms with Crippen LogP contribution in [0.4, 0.5) is 0 Å². The van der Waals surface area contributed by atoms with Crippen molar-refractivity contribution in [2.45, 2.75) is 60.3 Å². The van der Waals surface area contributed by atoms with Crippen molar-refractivity contribution in [3.63, 3.8) is 0 Å². The molecule has 0 aliphatic heterocycles.